The van der Waals surface area contributed by atoms with E-state index in [1.54, 1.807) is 0 Å². The summed E-state index contributed by atoms with van der Waals surface area (Å²) in [6, 6.07) is 0. The summed E-state index contributed by atoms with van der Waals surface area (Å²) < 4.78 is 10.9. The molecule has 78 valence electrons. The maximum atomic E-state index is 11.7. The number of ketones is 1. The Bertz CT molecular complexity index is 288. The molecule has 0 aromatic heterocycles. The van der Waals surface area contributed by atoms with Crippen molar-refractivity contribution in [3.05, 3.63) is 0 Å². The Morgan fingerprint density at radius 2 is 2.36 bits per heavy atom. The average Bonchev–Trinajstić information content (AvgIpc) is 2.60. The number of fused-ring (bicyclic) bond motifs is 1. The summed E-state index contributed by atoms with van der Waals surface area (Å²) in [6.07, 6.45) is 1.74. The first-order chi connectivity index (χ1) is 6.58. The predicted molar refractivity (Wildman–Crippen MR) is 47.6 cm³/mol. The first-order valence-electron chi connectivity index (χ1n) is 4.79. The number of rotatable bonds is 2. The van der Waals surface area contributed by atoms with Crippen LogP contribution in [-0.4, -0.2) is 31.1 Å². The van der Waals surface area contributed by atoms with Gasteiger partial charge in [-0.1, -0.05) is 0 Å². The zero-order valence-electron chi connectivity index (χ0n) is 8.41. The Morgan fingerprint density at radius 3 is 2.86 bits per heavy atom. The van der Waals surface area contributed by atoms with Gasteiger partial charge in [-0.05, 0) is 13.3 Å². The van der Waals surface area contributed by atoms with Crippen LogP contribution in [0.5, 0.6) is 0 Å². The lowest BCUT2D eigenvalue weighted by Gasteiger charge is -2.32. The van der Waals surface area contributed by atoms with Gasteiger partial charge in [0, 0.05) is 20.0 Å². The molecule has 1 saturated heterocycles. The van der Waals surface area contributed by atoms with Gasteiger partial charge in [0.1, 0.15) is 18.2 Å². The van der Waals surface area contributed by atoms with Gasteiger partial charge in [-0.3, -0.25) is 4.79 Å². The molecule has 2 aliphatic rings. The minimum atomic E-state index is -0.852. The summed E-state index contributed by atoms with van der Waals surface area (Å²) in [5.74, 6) is -0.709. The molecule has 2 fully saturated rings. The van der Waals surface area contributed by atoms with E-state index in [0.717, 1.165) is 6.29 Å². The topological polar surface area (TPSA) is 52.6 Å². The zero-order chi connectivity index (χ0) is 10.4. The molecule has 0 bridgehead atoms. The largest absolute Gasteiger partial charge is 0.352 e. The van der Waals surface area contributed by atoms with E-state index in [-0.39, 0.29) is 5.78 Å². The van der Waals surface area contributed by atoms with Crippen molar-refractivity contribution in [1.29, 1.82) is 0 Å². The molecular weight excluding hydrogens is 184 g/mol. The third-order valence-electron chi connectivity index (χ3n) is 3.57. The number of methoxy groups -OCH3 is 1. The Hall–Kier alpha value is -0.740. The fraction of sp³-hybridized carbons (Fsp3) is 0.800. The van der Waals surface area contributed by atoms with E-state index in [2.05, 4.69) is 0 Å². The maximum Gasteiger partial charge on any atom is 0.181 e. The molecule has 0 N–H and O–H groups in total. The molecule has 14 heavy (non-hydrogen) atoms. The number of carbonyl (C=O) groups is 2. The van der Waals surface area contributed by atoms with E-state index in [4.69, 9.17) is 9.47 Å². The lowest BCUT2D eigenvalue weighted by atomic mass is 9.80. The standard InChI is InChI=1S/C10H14O4/c1-9-5-7(6-11)14-10(9,13-2)4-3-8(9)12/h6-7H,3-5H2,1-2H3/t7?,9-,10+/m1/s1. The molecule has 1 heterocycles. The van der Waals surface area contributed by atoms with Crippen LogP contribution in [0.3, 0.4) is 0 Å². The Morgan fingerprint density at radius 1 is 1.64 bits per heavy atom. The van der Waals surface area contributed by atoms with Crippen molar-refractivity contribution in [3.8, 4) is 0 Å². The second-order valence-electron chi connectivity index (χ2n) is 4.21. The second kappa shape index (κ2) is 2.87. The highest BCUT2D eigenvalue weighted by molar-refractivity contribution is 5.89. The van der Waals surface area contributed by atoms with E-state index in [1.165, 1.54) is 7.11 Å². The molecule has 0 amide bonds. The van der Waals surface area contributed by atoms with Crippen molar-refractivity contribution in [2.45, 2.75) is 38.1 Å². The molecule has 2 rings (SSSR count). The number of aldehydes is 1. The van der Waals surface area contributed by atoms with Gasteiger partial charge in [0.15, 0.2) is 5.79 Å². The third-order valence-corrected chi connectivity index (χ3v) is 3.57. The predicted octanol–water partition coefficient (Wildman–Crippen LogP) is 0.686. The lowest BCUT2D eigenvalue weighted by Crippen LogP contribution is -2.43. The van der Waals surface area contributed by atoms with E-state index in [0.29, 0.717) is 19.3 Å². The molecule has 3 atom stereocenters. The smallest absolute Gasteiger partial charge is 0.181 e. The fourth-order valence-corrected chi connectivity index (χ4v) is 2.64. The van der Waals surface area contributed by atoms with Crippen molar-refractivity contribution < 1.29 is 19.1 Å². The quantitative estimate of drug-likeness (QED) is 0.612. The van der Waals surface area contributed by atoms with Crippen LogP contribution in [-0.2, 0) is 19.1 Å². The number of carbonyl (C=O) groups excluding carboxylic acids is 2. The van der Waals surface area contributed by atoms with E-state index < -0.39 is 17.3 Å². The lowest BCUT2D eigenvalue weighted by molar-refractivity contribution is -0.235. The second-order valence-corrected chi connectivity index (χ2v) is 4.21. The van der Waals surface area contributed by atoms with E-state index in [9.17, 15) is 9.59 Å². The Kier molecular flexibility index (Phi) is 2.01. The van der Waals surface area contributed by atoms with Crippen LogP contribution in [0.15, 0.2) is 0 Å². The monoisotopic (exact) mass is 198 g/mol. The molecule has 1 aliphatic carbocycles. The van der Waals surface area contributed by atoms with Crippen LogP contribution >= 0.6 is 0 Å². The van der Waals surface area contributed by atoms with E-state index >= 15 is 0 Å². The van der Waals surface area contributed by atoms with Gasteiger partial charge in [-0.2, -0.15) is 0 Å². The van der Waals surface area contributed by atoms with Gasteiger partial charge in [-0.25, -0.2) is 0 Å². The number of hydrogen-bond acceptors (Lipinski definition) is 4. The van der Waals surface area contributed by atoms with Gasteiger partial charge in [0.2, 0.25) is 0 Å². The molecule has 4 heteroatoms. The Labute approximate surface area is 82.6 Å². The minimum Gasteiger partial charge on any atom is -0.352 e. The molecule has 0 radical (unpaired) electrons. The first kappa shape index (κ1) is 9.80. The first-order valence-corrected chi connectivity index (χ1v) is 4.79. The van der Waals surface area contributed by atoms with Crippen molar-refractivity contribution in [3.63, 3.8) is 0 Å². The highest BCUT2D eigenvalue weighted by Crippen LogP contribution is 2.54. The maximum absolute atomic E-state index is 11.7. The summed E-state index contributed by atoms with van der Waals surface area (Å²) >= 11 is 0. The molecular formula is C10H14O4. The van der Waals surface area contributed by atoms with E-state index in [1.807, 2.05) is 6.92 Å². The molecule has 4 nitrogen and oxygen atoms in total. The molecule has 1 unspecified atom stereocenters. The van der Waals surface area contributed by atoms with Crippen LogP contribution in [0.1, 0.15) is 26.2 Å². The number of ether oxygens (including phenoxy) is 2. The SMILES string of the molecule is CO[C@]12CCC(=O)[C@@]1(C)CC(C=O)O2. The molecule has 1 aliphatic heterocycles. The normalized spacial score (nSPS) is 46.7. The van der Waals surface area contributed by atoms with Crippen molar-refractivity contribution in [1.82, 2.24) is 0 Å². The third kappa shape index (κ3) is 0.953. The summed E-state index contributed by atoms with van der Waals surface area (Å²) in [4.78, 5) is 22.4. The van der Waals surface area contributed by atoms with Gasteiger partial charge < -0.3 is 14.3 Å². The summed E-state index contributed by atoms with van der Waals surface area (Å²) in [5, 5.41) is 0. The van der Waals surface area contributed by atoms with Gasteiger partial charge in [-0.15, -0.1) is 0 Å². The van der Waals surface area contributed by atoms with Crippen molar-refractivity contribution >= 4 is 12.1 Å². The van der Waals surface area contributed by atoms with Gasteiger partial charge in [0.25, 0.3) is 0 Å². The zero-order valence-corrected chi connectivity index (χ0v) is 8.41. The van der Waals surface area contributed by atoms with Crippen LogP contribution < -0.4 is 0 Å². The van der Waals surface area contributed by atoms with Crippen molar-refractivity contribution in [2.24, 2.45) is 5.41 Å². The summed E-state index contributed by atoms with van der Waals surface area (Å²) in [5.41, 5.74) is -0.632. The number of Topliss-reactive ketones (excluding diaryl/α,β-unsaturated/α-hetero) is 1. The molecule has 0 aromatic rings. The molecule has 1 saturated carbocycles. The van der Waals surface area contributed by atoms with Gasteiger partial charge in [0.05, 0.1) is 5.41 Å². The molecule has 0 spiro atoms. The highest BCUT2D eigenvalue weighted by atomic mass is 16.7. The summed E-state index contributed by atoms with van der Waals surface area (Å²) in [6.45, 7) is 1.83. The highest BCUT2D eigenvalue weighted by Gasteiger charge is 2.65. The fourth-order valence-electron chi connectivity index (χ4n) is 2.64. The van der Waals surface area contributed by atoms with Gasteiger partial charge >= 0.3 is 0 Å². The van der Waals surface area contributed by atoms with Crippen LogP contribution in [0, 0.1) is 5.41 Å². The van der Waals surface area contributed by atoms with Crippen LogP contribution in [0.2, 0.25) is 0 Å². The summed E-state index contributed by atoms with van der Waals surface area (Å²) in [7, 11) is 1.53. The van der Waals surface area contributed by atoms with Crippen molar-refractivity contribution in [2.75, 3.05) is 7.11 Å². The molecule has 0 aromatic carbocycles. The average molecular weight is 198 g/mol. The number of hydrogen-bond donors (Lipinski definition) is 0. The van der Waals surface area contributed by atoms with Crippen LogP contribution in [0.25, 0.3) is 0 Å². The Balaban J connectivity index is 2.37. The minimum absolute atomic E-state index is 0.142. The van der Waals surface area contributed by atoms with Crippen LogP contribution in [0.4, 0.5) is 0 Å².